The van der Waals surface area contributed by atoms with Crippen molar-refractivity contribution in [3.8, 4) is 0 Å². The third kappa shape index (κ3) is 4.56. The fourth-order valence-corrected chi connectivity index (χ4v) is 4.07. The van der Waals surface area contributed by atoms with Gasteiger partial charge in [-0.2, -0.15) is 13.2 Å². The van der Waals surface area contributed by atoms with Gasteiger partial charge in [0.05, 0.1) is 12.5 Å². The summed E-state index contributed by atoms with van der Waals surface area (Å²) in [4.78, 5) is 12.9. The molecule has 0 fully saturated rings. The number of nitrogens with zero attached hydrogens (tertiary/aromatic N) is 1. The fraction of sp³-hybridized carbons (Fsp3) is 0.391. The van der Waals surface area contributed by atoms with E-state index < -0.39 is 23.8 Å². The van der Waals surface area contributed by atoms with E-state index in [-0.39, 0.29) is 11.0 Å². The summed E-state index contributed by atoms with van der Waals surface area (Å²) < 4.78 is 50.9. The van der Waals surface area contributed by atoms with Crippen molar-refractivity contribution in [3.63, 3.8) is 0 Å². The van der Waals surface area contributed by atoms with E-state index in [1.807, 2.05) is 13.8 Å². The number of hydrogen-bond donors (Lipinski definition) is 0. The van der Waals surface area contributed by atoms with E-state index in [1.165, 1.54) is 13.2 Å². The van der Waals surface area contributed by atoms with Gasteiger partial charge in [-0.05, 0) is 47.7 Å². The molecule has 0 N–H and O–H groups in total. The van der Waals surface area contributed by atoms with E-state index in [0.717, 1.165) is 0 Å². The van der Waals surface area contributed by atoms with Crippen molar-refractivity contribution in [3.05, 3.63) is 63.3 Å². The topological polar surface area (TPSA) is 52.3 Å². The van der Waals surface area contributed by atoms with Gasteiger partial charge in [0.2, 0.25) is 0 Å². The molecule has 0 spiro atoms. The molecule has 2 aromatic carbocycles. The molecule has 0 radical (unpaired) electrons. The molecular formula is C23H23ClF3NO3. The van der Waals surface area contributed by atoms with Gasteiger partial charge in [0.15, 0.2) is 11.3 Å². The fourth-order valence-electron chi connectivity index (χ4n) is 3.95. The maximum atomic E-state index is 13.5. The highest BCUT2D eigenvalue weighted by molar-refractivity contribution is 6.30. The Labute approximate surface area is 183 Å². The van der Waals surface area contributed by atoms with E-state index in [1.54, 1.807) is 24.3 Å². The van der Waals surface area contributed by atoms with Gasteiger partial charge >= 0.3 is 12.1 Å². The first-order valence-electron chi connectivity index (χ1n) is 10.1. The molecule has 31 heavy (non-hydrogen) atoms. The maximum absolute atomic E-state index is 13.5. The number of benzene rings is 2. The molecule has 3 rings (SSSR count). The molecule has 1 heterocycles. The van der Waals surface area contributed by atoms with Crippen LogP contribution in [0.3, 0.4) is 0 Å². The standard InChI is InChI=1S/C23H23ClF3NO3/c1-4-6-14-12-17-20(31-28-21(17)23(25,26)27)16(7-5-2)18(14)19(22(29)30-3)13-8-10-15(24)11-9-13/h8-12,19H,4-7H2,1-3H3. The summed E-state index contributed by atoms with van der Waals surface area (Å²) in [6.07, 6.45) is -2.39. The van der Waals surface area contributed by atoms with Crippen LogP contribution in [0.5, 0.6) is 0 Å². The lowest BCUT2D eigenvalue weighted by Crippen LogP contribution is -2.20. The van der Waals surface area contributed by atoms with Gasteiger partial charge in [0.1, 0.15) is 5.92 Å². The first-order valence-corrected chi connectivity index (χ1v) is 10.4. The Bertz CT molecular complexity index is 1070. The Morgan fingerprint density at radius 2 is 1.81 bits per heavy atom. The molecular weight excluding hydrogens is 431 g/mol. The van der Waals surface area contributed by atoms with Crippen molar-refractivity contribution in [2.45, 2.75) is 51.6 Å². The number of halogens is 4. The van der Waals surface area contributed by atoms with Crippen LogP contribution in [0.25, 0.3) is 11.0 Å². The van der Waals surface area contributed by atoms with Crippen molar-refractivity contribution in [1.82, 2.24) is 5.16 Å². The Kier molecular flexibility index (Phi) is 6.94. The summed E-state index contributed by atoms with van der Waals surface area (Å²) in [5, 5.41) is 3.76. The smallest absolute Gasteiger partial charge is 0.437 e. The second-order valence-electron chi connectivity index (χ2n) is 7.34. The zero-order valence-electron chi connectivity index (χ0n) is 17.5. The molecule has 0 bridgehead atoms. The van der Waals surface area contributed by atoms with Crippen LogP contribution in [0.4, 0.5) is 13.2 Å². The number of carbonyl (C=O) groups is 1. The Hall–Kier alpha value is -2.54. The largest absolute Gasteiger partial charge is 0.468 e. The van der Waals surface area contributed by atoms with Crippen LogP contribution in [-0.2, 0) is 28.5 Å². The quantitative estimate of drug-likeness (QED) is 0.373. The summed E-state index contributed by atoms with van der Waals surface area (Å²) in [5.41, 5.74) is 1.47. The predicted octanol–water partition coefficient (Wildman–Crippen LogP) is 6.71. The normalized spacial score (nSPS) is 12.9. The molecule has 0 aliphatic heterocycles. The number of fused-ring (bicyclic) bond motifs is 1. The first-order chi connectivity index (χ1) is 14.7. The molecule has 0 saturated carbocycles. The Morgan fingerprint density at radius 1 is 1.16 bits per heavy atom. The number of methoxy groups -OCH3 is 1. The van der Waals surface area contributed by atoms with E-state index >= 15 is 0 Å². The van der Waals surface area contributed by atoms with Crippen molar-refractivity contribution >= 4 is 28.5 Å². The van der Waals surface area contributed by atoms with E-state index in [9.17, 15) is 18.0 Å². The van der Waals surface area contributed by atoms with Gasteiger partial charge in [-0.25, -0.2) is 0 Å². The Morgan fingerprint density at radius 3 is 2.35 bits per heavy atom. The summed E-state index contributed by atoms with van der Waals surface area (Å²) in [6.45, 7) is 3.85. The average molecular weight is 454 g/mol. The van der Waals surface area contributed by atoms with Crippen LogP contribution in [0.1, 0.15) is 60.6 Å². The van der Waals surface area contributed by atoms with Crippen LogP contribution in [0.15, 0.2) is 34.9 Å². The molecule has 0 aliphatic carbocycles. The van der Waals surface area contributed by atoms with Crippen molar-refractivity contribution in [1.29, 1.82) is 0 Å². The monoisotopic (exact) mass is 453 g/mol. The highest BCUT2D eigenvalue weighted by atomic mass is 35.5. The number of rotatable bonds is 7. The van der Waals surface area contributed by atoms with Crippen molar-refractivity contribution < 1.29 is 27.2 Å². The minimum Gasteiger partial charge on any atom is -0.468 e. The van der Waals surface area contributed by atoms with Crippen LogP contribution in [0, 0.1) is 0 Å². The number of aromatic nitrogens is 1. The zero-order chi connectivity index (χ0) is 22.8. The number of ether oxygens (including phenoxy) is 1. The molecule has 1 atom stereocenters. The lowest BCUT2D eigenvalue weighted by molar-refractivity contribution is -0.142. The molecule has 3 aromatic rings. The van der Waals surface area contributed by atoms with E-state index in [4.69, 9.17) is 20.9 Å². The molecule has 166 valence electrons. The number of esters is 1. The predicted molar refractivity (Wildman–Crippen MR) is 112 cm³/mol. The minimum absolute atomic E-state index is 0.0619. The number of aryl methyl sites for hydroxylation is 2. The molecule has 4 nitrogen and oxygen atoms in total. The SMILES string of the molecule is CCCc1cc2c(C(F)(F)F)noc2c(CCC)c1C(C(=O)OC)c1ccc(Cl)cc1. The van der Waals surface area contributed by atoms with Gasteiger partial charge in [-0.15, -0.1) is 0 Å². The van der Waals surface area contributed by atoms with Crippen molar-refractivity contribution in [2.75, 3.05) is 7.11 Å². The molecule has 0 saturated heterocycles. The summed E-state index contributed by atoms with van der Waals surface area (Å²) in [7, 11) is 1.29. The maximum Gasteiger partial charge on any atom is 0.437 e. The lowest BCUT2D eigenvalue weighted by atomic mass is 9.81. The third-order valence-electron chi connectivity index (χ3n) is 5.21. The van der Waals surface area contributed by atoms with Crippen LogP contribution >= 0.6 is 11.6 Å². The van der Waals surface area contributed by atoms with Crippen LogP contribution in [0.2, 0.25) is 5.02 Å². The lowest BCUT2D eigenvalue weighted by Gasteiger charge is -2.23. The summed E-state index contributed by atoms with van der Waals surface area (Å²) in [6, 6.07) is 8.24. The van der Waals surface area contributed by atoms with Crippen LogP contribution in [-0.4, -0.2) is 18.2 Å². The molecule has 1 aromatic heterocycles. The highest BCUT2D eigenvalue weighted by Gasteiger charge is 2.39. The number of carbonyl (C=O) groups excluding carboxylic acids is 1. The minimum atomic E-state index is -4.64. The van der Waals surface area contributed by atoms with Gasteiger partial charge in [-0.1, -0.05) is 55.6 Å². The molecule has 8 heteroatoms. The number of hydrogen-bond acceptors (Lipinski definition) is 4. The van der Waals surface area contributed by atoms with E-state index in [0.29, 0.717) is 53.0 Å². The second-order valence-corrected chi connectivity index (χ2v) is 7.78. The first kappa shape index (κ1) is 23.1. The average Bonchev–Trinajstić information content (AvgIpc) is 3.15. The van der Waals surface area contributed by atoms with Crippen LogP contribution < -0.4 is 0 Å². The highest BCUT2D eigenvalue weighted by Crippen LogP contribution is 2.41. The summed E-state index contributed by atoms with van der Waals surface area (Å²) in [5.74, 6) is -1.33. The van der Waals surface area contributed by atoms with Crippen molar-refractivity contribution in [2.24, 2.45) is 0 Å². The molecule has 0 aliphatic rings. The third-order valence-corrected chi connectivity index (χ3v) is 5.46. The van der Waals surface area contributed by atoms with Gasteiger partial charge < -0.3 is 9.26 Å². The zero-order valence-corrected chi connectivity index (χ0v) is 18.2. The summed E-state index contributed by atoms with van der Waals surface area (Å²) >= 11 is 6.02. The molecule has 0 amide bonds. The van der Waals surface area contributed by atoms with Gasteiger partial charge in [0, 0.05) is 10.6 Å². The van der Waals surface area contributed by atoms with Gasteiger partial charge in [0.25, 0.3) is 0 Å². The Balaban J connectivity index is 2.39. The van der Waals surface area contributed by atoms with E-state index in [2.05, 4.69) is 5.16 Å². The molecule has 1 unspecified atom stereocenters. The van der Waals surface area contributed by atoms with Gasteiger partial charge in [-0.3, -0.25) is 4.79 Å². The second kappa shape index (κ2) is 9.30. The number of alkyl halides is 3.